The third kappa shape index (κ3) is 3.29. The molecule has 0 unspecified atom stereocenters. The topological polar surface area (TPSA) is 60.9 Å². The standard InChI is InChI=1S/C19H25N3O3S2/c1-20(2)19(23)18-17(15-7-3-4-8-16(15)26-18)14-9-12-22(13-14)27(24,25)21-10-5-6-11-21/h3-4,7-8,14H,5-6,9-13H2,1-2H3/t14-/m1/s1. The Hall–Kier alpha value is -1.48. The van der Waals surface area contributed by atoms with E-state index in [9.17, 15) is 13.2 Å². The van der Waals surface area contributed by atoms with Crippen molar-refractivity contribution in [2.75, 3.05) is 40.3 Å². The normalized spacial score (nSPS) is 21.9. The SMILES string of the molecule is CN(C)C(=O)c1sc2ccccc2c1[C@@H]1CCN(S(=O)(=O)N2CCCC2)C1. The molecule has 0 saturated carbocycles. The number of hydrogen-bond donors (Lipinski definition) is 0. The van der Waals surface area contributed by atoms with Gasteiger partial charge in [-0.05, 0) is 36.3 Å². The molecule has 6 nitrogen and oxygen atoms in total. The molecule has 2 aromatic rings. The van der Waals surface area contributed by atoms with Crippen LogP contribution in [0.15, 0.2) is 24.3 Å². The van der Waals surface area contributed by atoms with Crippen LogP contribution in [0.2, 0.25) is 0 Å². The summed E-state index contributed by atoms with van der Waals surface area (Å²) in [4.78, 5) is 15.1. The molecular formula is C19H25N3O3S2. The Kier molecular flexibility index (Phi) is 5.00. The van der Waals surface area contributed by atoms with Crippen LogP contribution in [-0.4, -0.2) is 68.1 Å². The zero-order valence-corrected chi connectivity index (χ0v) is 17.4. The van der Waals surface area contributed by atoms with Gasteiger partial charge in [-0.15, -0.1) is 11.3 Å². The summed E-state index contributed by atoms with van der Waals surface area (Å²) in [5, 5.41) is 1.08. The number of fused-ring (bicyclic) bond motifs is 1. The summed E-state index contributed by atoms with van der Waals surface area (Å²) in [5.74, 6) is 0.0458. The van der Waals surface area contributed by atoms with Gasteiger partial charge in [0, 0.05) is 50.9 Å². The molecule has 0 radical (unpaired) electrons. The lowest BCUT2D eigenvalue weighted by Gasteiger charge is -2.23. The second kappa shape index (κ2) is 7.16. The smallest absolute Gasteiger partial charge is 0.281 e. The highest BCUT2D eigenvalue weighted by Gasteiger charge is 2.39. The van der Waals surface area contributed by atoms with Gasteiger partial charge in [-0.2, -0.15) is 17.0 Å². The third-order valence-electron chi connectivity index (χ3n) is 5.51. The fraction of sp³-hybridized carbons (Fsp3) is 0.526. The van der Waals surface area contributed by atoms with Gasteiger partial charge < -0.3 is 4.90 Å². The number of carbonyl (C=O) groups is 1. The fourth-order valence-corrected chi connectivity index (χ4v) is 7.15. The van der Waals surface area contributed by atoms with Crippen molar-refractivity contribution in [3.63, 3.8) is 0 Å². The summed E-state index contributed by atoms with van der Waals surface area (Å²) in [6, 6.07) is 8.04. The molecule has 8 heteroatoms. The Balaban J connectivity index is 1.69. The van der Waals surface area contributed by atoms with Crippen molar-refractivity contribution in [2.45, 2.75) is 25.2 Å². The highest BCUT2D eigenvalue weighted by atomic mass is 32.2. The lowest BCUT2D eigenvalue weighted by molar-refractivity contribution is 0.0831. The van der Waals surface area contributed by atoms with Crippen molar-refractivity contribution >= 4 is 37.5 Å². The quantitative estimate of drug-likeness (QED) is 0.783. The number of benzene rings is 1. The maximum atomic E-state index is 12.9. The van der Waals surface area contributed by atoms with Crippen LogP contribution in [0.4, 0.5) is 0 Å². The molecule has 0 spiro atoms. The lowest BCUT2D eigenvalue weighted by atomic mass is 9.95. The molecule has 3 heterocycles. The molecule has 1 aromatic heterocycles. The molecule has 4 rings (SSSR count). The van der Waals surface area contributed by atoms with E-state index in [1.165, 1.54) is 11.3 Å². The Morgan fingerprint density at radius 1 is 1.11 bits per heavy atom. The van der Waals surface area contributed by atoms with E-state index in [1.54, 1.807) is 27.6 Å². The van der Waals surface area contributed by atoms with Gasteiger partial charge in [-0.1, -0.05) is 18.2 Å². The Morgan fingerprint density at radius 3 is 2.52 bits per heavy atom. The van der Waals surface area contributed by atoms with Crippen LogP contribution in [0.3, 0.4) is 0 Å². The van der Waals surface area contributed by atoms with Gasteiger partial charge in [0.15, 0.2) is 0 Å². The highest BCUT2D eigenvalue weighted by Crippen LogP contribution is 2.41. The Bertz CT molecular complexity index is 962. The first-order chi connectivity index (χ1) is 12.9. The minimum absolute atomic E-state index is 0.00736. The van der Waals surface area contributed by atoms with Gasteiger partial charge in [-0.3, -0.25) is 4.79 Å². The molecule has 146 valence electrons. The maximum Gasteiger partial charge on any atom is 0.281 e. The van der Waals surface area contributed by atoms with E-state index in [0.717, 1.165) is 39.8 Å². The Morgan fingerprint density at radius 2 is 1.81 bits per heavy atom. The van der Waals surface area contributed by atoms with Crippen LogP contribution in [0, 0.1) is 0 Å². The third-order valence-corrected chi connectivity index (χ3v) is 8.69. The van der Waals surface area contributed by atoms with Crippen LogP contribution in [0.1, 0.15) is 40.4 Å². The first-order valence-corrected chi connectivity index (χ1v) is 11.6. The van der Waals surface area contributed by atoms with Gasteiger partial charge in [0.1, 0.15) is 0 Å². The van der Waals surface area contributed by atoms with E-state index in [-0.39, 0.29) is 11.8 Å². The van der Waals surface area contributed by atoms with Crippen molar-refractivity contribution in [3.05, 3.63) is 34.7 Å². The first kappa shape index (κ1) is 18.9. The molecular weight excluding hydrogens is 382 g/mol. The molecule has 1 amide bonds. The van der Waals surface area contributed by atoms with Crippen molar-refractivity contribution in [1.82, 2.24) is 13.5 Å². The predicted molar refractivity (Wildman–Crippen MR) is 109 cm³/mol. The lowest BCUT2D eigenvalue weighted by Crippen LogP contribution is -2.41. The van der Waals surface area contributed by atoms with E-state index >= 15 is 0 Å². The van der Waals surface area contributed by atoms with Gasteiger partial charge in [0.2, 0.25) is 0 Å². The average Bonchev–Trinajstić information content (AvgIpc) is 3.38. The number of amides is 1. The summed E-state index contributed by atoms with van der Waals surface area (Å²) in [7, 11) is 0.128. The fourth-order valence-electron chi connectivity index (χ4n) is 4.09. The summed E-state index contributed by atoms with van der Waals surface area (Å²) < 4.78 is 30.1. The van der Waals surface area contributed by atoms with Crippen molar-refractivity contribution in [2.24, 2.45) is 0 Å². The largest absolute Gasteiger partial charge is 0.344 e. The number of rotatable bonds is 4. The van der Waals surface area contributed by atoms with E-state index in [2.05, 4.69) is 0 Å². The van der Waals surface area contributed by atoms with Crippen LogP contribution in [0.25, 0.3) is 10.1 Å². The van der Waals surface area contributed by atoms with E-state index in [1.807, 2.05) is 24.3 Å². The second-order valence-electron chi connectivity index (χ2n) is 7.50. The summed E-state index contributed by atoms with van der Waals surface area (Å²) in [5.41, 5.74) is 1.02. The van der Waals surface area contributed by atoms with Crippen molar-refractivity contribution in [3.8, 4) is 0 Å². The van der Waals surface area contributed by atoms with E-state index < -0.39 is 10.2 Å². The number of nitrogens with zero attached hydrogens (tertiary/aromatic N) is 3. The average molecular weight is 408 g/mol. The van der Waals surface area contributed by atoms with Crippen LogP contribution < -0.4 is 0 Å². The van der Waals surface area contributed by atoms with E-state index in [4.69, 9.17) is 0 Å². The number of hydrogen-bond acceptors (Lipinski definition) is 4. The summed E-state index contributed by atoms with van der Waals surface area (Å²) in [6.45, 7) is 2.21. The highest BCUT2D eigenvalue weighted by molar-refractivity contribution is 7.86. The molecule has 0 aliphatic carbocycles. The zero-order chi connectivity index (χ0) is 19.2. The molecule has 0 bridgehead atoms. The molecule has 2 saturated heterocycles. The zero-order valence-electron chi connectivity index (χ0n) is 15.7. The van der Waals surface area contributed by atoms with Gasteiger partial charge >= 0.3 is 0 Å². The molecule has 1 atom stereocenters. The predicted octanol–water partition coefficient (Wildman–Crippen LogP) is 2.73. The van der Waals surface area contributed by atoms with Gasteiger partial charge in [0.05, 0.1) is 4.88 Å². The number of thiophene rings is 1. The van der Waals surface area contributed by atoms with Gasteiger partial charge in [-0.25, -0.2) is 0 Å². The molecule has 2 fully saturated rings. The maximum absolute atomic E-state index is 12.9. The molecule has 27 heavy (non-hydrogen) atoms. The molecule has 1 aromatic carbocycles. The number of carbonyl (C=O) groups excluding carboxylic acids is 1. The molecule has 2 aliphatic rings. The summed E-state index contributed by atoms with van der Waals surface area (Å²) >= 11 is 1.51. The van der Waals surface area contributed by atoms with E-state index in [0.29, 0.717) is 26.2 Å². The second-order valence-corrected chi connectivity index (χ2v) is 10.5. The first-order valence-electron chi connectivity index (χ1n) is 9.38. The van der Waals surface area contributed by atoms with Crippen LogP contribution >= 0.6 is 11.3 Å². The van der Waals surface area contributed by atoms with Crippen molar-refractivity contribution in [1.29, 1.82) is 0 Å². The minimum Gasteiger partial charge on any atom is -0.344 e. The van der Waals surface area contributed by atoms with Crippen LogP contribution in [0.5, 0.6) is 0 Å². The molecule has 0 N–H and O–H groups in total. The minimum atomic E-state index is -3.39. The monoisotopic (exact) mass is 407 g/mol. The Labute approximate surface area is 164 Å². The molecule has 2 aliphatic heterocycles. The van der Waals surface area contributed by atoms with Gasteiger partial charge in [0.25, 0.3) is 16.1 Å². The van der Waals surface area contributed by atoms with Crippen LogP contribution in [-0.2, 0) is 10.2 Å². The van der Waals surface area contributed by atoms with Crippen molar-refractivity contribution < 1.29 is 13.2 Å². The summed E-state index contributed by atoms with van der Waals surface area (Å²) in [6.07, 6.45) is 2.63.